The number of rotatable bonds is 10. The van der Waals surface area contributed by atoms with E-state index in [0.29, 0.717) is 35.9 Å². The van der Waals surface area contributed by atoms with E-state index in [2.05, 4.69) is 0 Å². The van der Waals surface area contributed by atoms with Crippen LogP contribution in [0.5, 0.6) is 17.2 Å². The van der Waals surface area contributed by atoms with Crippen LogP contribution in [0.2, 0.25) is 0 Å². The second-order valence-electron chi connectivity index (χ2n) is 6.39. The minimum atomic E-state index is -0.442. The Kier molecular flexibility index (Phi) is 8.87. The van der Waals surface area contributed by atoms with Crippen molar-refractivity contribution in [3.63, 3.8) is 0 Å². The standard InChI is InChI=1S/C19H30N2O6/c1-13(19(23)27-7)12-21(9-8-20(2)3)18(22)14-10-15(24-4)17(26-6)16(11-14)25-5/h10-11,13H,8-9,12H2,1-7H3. The predicted molar refractivity (Wildman–Crippen MR) is 102 cm³/mol. The molecule has 0 N–H and O–H groups in total. The zero-order chi connectivity index (χ0) is 20.6. The highest BCUT2D eigenvalue weighted by Crippen LogP contribution is 2.38. The van der Waals surface area contributed by atoms with Gasteiger partial charge in [0, 0.05) is 25.2 Å². The van der Waals surface area contributed by atoms with Gasteiger partial charge in [-0.1, -0.05) is 6.92 Å². The number of amides is 1. The maximum Gasteiger partial charge on any atom is 0.310 e. The quantitative estimate of drug-likeness (QED) is 0.568. The highest BCUT2D eigenvalue weighted by molar-refractivity contribution is 5.96. The maximum absolute atomic E-state index is 13.1. The molecule has 1 aromatic carbocycles. The molecular formula is C19H30N2O6. The van der Waals surface area contributed by atoms with Gasteiger partial charge in [0.15, 0.2) is 11.5 Å². The number of carbonyl (C=O) groups is 2. The molecule has 27 heavy (non-hydrogen) atoms. The van der Waals surface area contributed by atoms with E-state index in [1.165, 1.54) is 28.4 Å². The summed E-state index contributed by atoms with van der Waals surface area (Å²) in [6.07, 6.45) is 0. The molecule has 0 saturated heterocycles. The smallest absolute Gasteiger partial charge is 0.310 e. The van der Waals surface area contributed by atoms with Gasteiger partial charge >= 0.3 is 5.97 Å². The number of hydrogen-bond donors (Lipinski definition) is 0. The van der Waals surface area contributed by atoms with E-state index in [0.717, 1.165) is 0 Å². The number of ether oxygens (including phenoxy) is 4. The molecule has 0 aliphatic carbocycles. The van der Waals surface area contributed by atoms with Crippen LogP contribution < -0.4 is 14.2 Å². The maximum atomic E-state index is 13.1. The van der Waals surface area contributed by atoms with Gasteiger partial charge in [-0.15, -0.1) is 0 Å². The summed E-state index contributed by atoms with van der Waals surface area (Å²) in [5.41, 5.74) is 0.389. The molecule has 0 aliphatic heterocycles. The average Bonchev–Trinajstić information content (AvgIpc) is 2.67. The van der Waals surface area contributed by atoms with E-state index in [1.807, 2.05) is 19.0 Å². The van der Waals surface area contributed by atoms with Gasteiger partial charge in [-0.25, -0.2) is 0 Å². The van der Waals surface area contributed by atoms with Crippen LogP contribution in [0.15, 0.2) is 12.1 Å². The van der Waals surface area contributed by atoms with E-state index in [-0.39, 0.29) is 18.4 Å². The molecule has 0 fully saturated rings. The van der Waals surface area contributed by atoms with Gasteiger partial charge in [0.1, 0.15) is 0 Å². The highest BCUT2D eigenvalue weighted by Gasteiger charge is 2.25. The lowest BCUT2D eigenvalue weighted by atomic mass is 10.1. The van der Waals surface area contributed by atoms with Crippen molar-refractivity contribution in [3.05, 3.63) is 17.7 Å². The predicted octanol–water partition coefficient (Wildman–Crippen LogP) is 1.53. The summed E-state index contributed by atoms with van der Waals surface area (Å²) in [6, 6.07) is 3.21. The van der Waals surface area contributed by atoms with Gasteiger partial charge in [-0.3, -0.25) is 9.59 Å². The molecule has 1 aromatic rings. The molecule has 0 bridgehead atoms. The van der Waals surface area contributed by atoms with E-state index in [4.69, 9.17) is 18.9 Å². The molecule has 0 heterocycles. The number of likely N-dealkylation sites (N-methyl/N-ethyl adjacent to an activating group) is 1. The SMILES string of the molecule is COC(=O)C(C)CN(CCN(C)C)C(=O)c1cc(OC)c(OC)c(OC)c1. The van der Waals surface area contributed by atoms with Crippen LogP contribution in [-0.4, -0.2) is 83.8 Å². The Hall–Kier alpha value is -2.48. The lowest BCUT2D eigenvalue weighted by Gasteiger charge is -2.27. The third-order valence-corrected chi connectivity index (χ3v) is 4.11. The first-order chi connectivity index (χ1) is 12.8. The first kappa shape index (κ1) is 22.6. The van der Waals surface area contributed by atoms with Gasteiger partial charge in [0.2, 0.25) is 5.75 Å². The second-order valence-corrected chi connectivity index (χ2v) is 6.39. The van der Waals surface area contributed by atoms with E-state index in [1.54, 1.807) is 24.0 Å². The van der Waals surface area contributed by atoms with Crippen LogP contribution in [-0.2, 0) is 9.53 Å². The van der Waals surface area contributed by atoms with Crippen molar-refractivity contribution in [1.82, 2.24) is 9.80 Å². The summed E-state index contributed by atoms with van der Waals surface area (Å²) in [5.74, 6) is 0.180. The van der Waals surface area contributed by atoms with Crippen molar-refractivity contribution in [3.8, 4) is 17.2 Å². The van der Waals surface area contributed by atoms with Crippen molar-refractivity contribution >= 4 is 11.9 Å². The second kappa shape index (κ2) is 10.6. The molecule has 0 radical (unpaired) electrons. The number of hydrogen-bond acceptors (Lipinski definition) is 7. The third kappa shape index (κ3) is 6.02. The highest BCUT2D eigenvalue weighted by atomic mass is 16.5. The molecular weight excluding hydrogens is 352 g/mol. The van der Waals surface area contributed by atoms with Crippen molar-refractivity contribution in [2.24, 2.45) is 5.92 Å². The molecule has 0 spiro atoms. The normalized spacial score (nSPS) is 11.7. The topological polar surface area (TPSA) is 77.5 Å². The summed E-state index contributed by atoms with van der Waals surface area (Å²) in [5, 5.41) is 0. The molecule has 1 unspecified atom stereocenters. The summed E-state index contributed by atoms with van der Waals surface area (Å²) in [4.78, 5) is 28.5. The average molecular weight is 382 g/mol. The van der Waals surface area contributed by atoms with Crippen molar-refractivity contribution in [1.29, 1.82) is 0 Å². The van der Waals surface area contributed by atoms with Crippen molar-refractivity contribution < 1.29 is 28.5 Å². The molecule has 0 saturated carbocycles. The van der Waals surface area contributed by atoms with Crippen LogP contribution in [0.3, 0.4) is 0 Å². The van der Waals surface area contributed by atoms with E-state index in [9.17, 15) is 9.59 Å². The summed E-state index contributed by atoms with van der Waals surface area (Å²) in [6.45, 7) is 3.10. The molecule has 0 aliphatic rings. The third-order valence-electron chi connectivity index (χ3n) is 4.11. The molecule has 1 rings (SSSR count). The fraction of sp³-hybridized carbons (Fsp3) is 0.579. The Morgan fingerprint density at radius 2 is 1.52 bits per heavy atom. The summed E-state index contributed by atoms with van der Waals surface area (Å²) < 4.78 is 20.7. The van der Waals surface area contributed by atoms with Gasteiger partial charge in [0.25, 0.3) is 5.91 Å². The summed E-state index contributed by atoms with van der Waals surface area (Å²) >= 11 is 0. The molecule has 0 aromatic heterocycles. The number of benzene rings is 1. The molecule has 1 amide bonds. The molecule has 8 nitrogen and oxygen atoms in total. The Morgan fingerprint density at radius 3 is 1.93 bits per heavy atom. The van der Waals surface area contributed by atoms with Crippen LogP contribution in [0.4, 0.5) is 0 Å². The minimum absolute atomic E-state index is 0.230. The Bertz CT molecular complexity index is 622. The number of methoxy groups -OCH3 is 4. The first-order valence-electron chi connectivity index (χ1n) is 8.60. The Balaban J connectivity index is 3.21. The van der Waals surface area contributed by atoms with Gasteiger partial charge in [-0.05, 0) is 26.2 Å². The van der Waals surface area contributed by atoms with Crippen molar-refractivity contribution in [2.75, 3.05) is 62.2 Å². The molecule has 8 heteroatoms. The van der Waals surface area contributed by atoms with Crippen LogP contribution in [0.25, 0.3) is 0 Å². The number of esters is 1. The Morgan fingerprint density at radius 1 is 0.963 bits per heavy atom. The lowest BCUT2D eigenvalue weighted by molar-refractivity contribution is -0.145. The minimum Gasteiger partial charge on any atom is -0.493 e. The fourth-order valence-corrected chi connectivity index (χ4v) is 2.59. The molecule has 1 atom stereocenters. The number of nitrogens with zero attached hydrogens (tertiary/aromatic N) is 2. The lowest BCUT2D eigenvalue weighted by Crippen LogP contribution is -2.41. The monoisotopic (exact) mass is 382 g/mol. The zero-order valence-electron chi connectivity index (χ0n) is 17.2. The van der Waals surface area contributed by atoms with Crippen LogP contribution >= 0.6 is 0 Å². The van der Waals surface area contributed by atoms with Gasteiger partial charge in [0.05, 0.1) is 34.4 Å². The van der Waals surface area contributed by atoms with E-state index < -0.39 is 5.92 Å². The van der Waals surface area contributed by atoms with Gasteiger partial charge < -0.3 is 28.7 Å². The fourth-order valence-electron chi connectivity index (χ4n) is 2.59. The summed E-state index contributed by atoms with van der Waals surface area (Å²) in [7, 11) is 9.67. The van der Waals surface area contributed by atoms with Gasteiger partial charge in [-0.2, -0.15) is 0 Å². The van der Waals surface area contributed by atoms with Crippen LogP contribution in [0, 0.1) is 5.92 Å². The number of carbonyl (C=O) groups excluding carboxylic acids is 2. The van der Waals surface area contributed by atoms with Crippen LogP contribution in [0.1, 0.15) is 17.3 Å². The van der Waals surface area contributed by atoms with E-state index >= 15 is 0 Å². The largest absolute Gasteiger partial charge is 0.493 e. The molecule has 152 valence electrons. The van der Waals surface area contributed by atoms with Crippen molar-refractivity contribution in [2.45, 2.75) is 6.92 Å². The zero-order valence-corrected chi connectivity index (χ0v) is 17.2. The first-order valence-corrected chi connectivity index (χ1v) is 8.60. The Labute approximate surface area is 160 Å².